The van der Waals surface area contributed by atoms with Crippen LogP contribution in [0.3, 0.4) is 0 Å². The maximum atomic E-state index is 13.2. The second-order valence-corrected chi connectivity index (χ2v) is 7.18. The van der Waals surface area contributed by atoms with E-state index in [0.717, 1.165) is 5.56 Å². The predicted octanol–water partition coefficient (Wildman–Crippen LogP) is 3.23. The summed E-state index contributed by atoms with van der Waals surface area (Å²) in [5, 5.41) is 11.0. The number of carbonyl (C=O) groups is 2. The summed E-state index contributed by atoms with van der Waals surface area (Å²) in [5.74, 6) is -0.765. The molecule has 0 bridgehead atoms. The molecule has 3 rings (SSSR count). The fourth-order valence-corrected chi connectivity index (χ4v) is 3.54. The monoisotopic (exact) mass is 423 g/mol. The molecule has 1 heterocycles. The van der Waals surface area contributed by atoms with Gasteiger partial charge in [-0.1, -0.05) is 30.3 Å². The van der Waals surface area contributed by atoms with E-state index in [1.165, 1.54) is 29.2 Å². The number of hydrogen-bond acceptors (Lipinski definition) is 6. The van der Waals surface area contributed by atoms with E-state index in [1.54, 1.807) is 11.9 Å². The van der Waals surface area contributed by atoms with Crippen molar-refractivity contribution in [2.45, 2.75) is 19.9 Å². The Labute approximate surface area is 180 Å². The third kappa shape index (κ3) is 4.97. The Morgan fingerprint density at radius 2 is 1.71 bits per heavy atom. The summed E-state index contributed by atoms with van der Waals surface area (Å²) >= 11 is 0. The van der Waals surface area contributed by atoms with Gasteiger partial charge in [-0.05, 0) is 36.6 Å². The number of nitro benzene ring substituents is 1. The highest BCUT2D eigenvalue weighted by Gasteiger charge is 2.40. The molecule has 0 aliphatic carbocycles. The Morgan fingerprint density at radius 3 is 2.32 bits per heavy atom. The summed E-state index contributed by atoms with van der Waals surface area (Å²) in [5.41, 5.74) is 1.95. The number of nitro groups is 1. The lowest BCUT2D eigenvalue weighted by Crippen LogP contribution is -2.35. The van der Waals surface area contributed by atoms with Gasteiger partial charge < -0.3 is 9.64 Å². The summed E-state index contributed by atoms with van der Waals surface area (Å²) in [7, 11) is 1.77. The van der Waals surface area contributed by atoms with Gasteiger partial charge in [0.1, 0.15) is 5.70 Å². The van der Waals surface area contributed by atoms with Crippen LogP contribution in [0.25, 0.3) is 5.57 Å². The van der Waals surface area contributed by atoms with Crippen molar-refractivity contribution in [1.82, 2.24) is 9.80 Å². The molecular formula is C23H25N3O5. The van der Waals surface area contributed by atoms with Crippen LogP contribution < -0.4 is 0 Å². The Bertz CT molecular complexity index is 986. The van der Waals surface area contributed by atoms with Crippen molar-refractivity contribution < 1.29 is 19.2 Å². The van der Waals surface area contributed by atoms with Crippen LogP contribution in [0.5, 0.6) is 0 Å². The van der Waals surface area contributed by atoms with Gasteiger partial charge in [0.2, 0.25) is 0 Å². The van der Waals surface area contributed by atoms with Crippen molar-refractivity contribution in [1.29, 1.82) is 0 Å². The lowest BCUT2D eigenvalue weighted by atomic mass is 10.0. The number of non-ortho nitro benzene ring substituents is 1. The van der Waals surface area contributed by atoms with Gasteiger partial charge in [0.25, 0.3) is 17.5 Å². The highest BCUT2D eigenvalue weighted by molar-refractivity contribution is 6.35. The first-order chi connectivity index (χ1) is 14.9. The molecule has 2 amide bonds. The van der Waals surface area contributed by atoms with E-state index >= 15 is 0 Å². The molecule has 8 heteroatoms. The molecule has 0 saturated heterocycles. The molecule has 0 atom stereocenters. The number of nitrogens with zero attached hydrogens (tertiary/aromatic N) is 3. The highest BCUT2D eigenvalue weighted by Crippen LogP contribution is 2.32. The zero-order valence-corrected chi connectivity index (χ0v) is 17.6. The van der Waals surface area contributed by atoms with Crippen LogP contribution in [-0.4, -0.2) is 53.3 Å². The quantitative estimate of drug-likeness (QED) is 0.252. The molecule has 8 nitrogen and oxygen atoms in total. The number of imide groups is 1. The van der Waals surface area contributed by atoms with Crippen LogP contribution in [0.4, 0.5) is 5.69 Å². The SMILES string of the molecule is CCOCCCN1C(=O)C(c2ccc([N+](=O)[O-])cc2)=C(N(C)Cc2ccccc2)C1=O. The van der Waals surface area contributed by atoms with Crippen LogP contribution in [0, 0.1) is 10.1 Å². The van der Waals surface area contributed by atoms with Gasteiger partial charge in [-0.25, -0.2) is 0 Å². The number of hydrogen-bond donors (Lipinski definition) is 0. The number of amides is 2. The summed E-state index contributed by atoms with van der Waals surface area (Å²) in [4.78, 5) is 39.9. The van der Waals surface area contributed by atoms with Gasteiger partial charge in [0, 0.05) is 45.5 Å². The first kappa shape index (κ1) is 22.2. The summed E-state index contributed by atoms with van der Waals surface area (Å²) < 4.78 is 5.33. The molecule has 0 N–H and O–H groups in total. The number of rotatable bonds is 10. The van der Waals surface area contributed by atoms with Crippen LogP contribution in [-0.2, 0) is 20.9 Å². The molecule has 0 unspecified atom stereocenters. The Balaban J connectivity index is 1.94. The molecule has 0 saturated carbocycles. The molecule has 0 radical (unpaired) electrons. The first-order valence-electron chi connectivity index (χ1n) is 10.1. The maximum Gasteiger partial charge on any atom is 0.277 e. The third-order valence-electron chi connectivity index (χ3n) is 5.03. The third-order valence-corrected chi connectivity index (χ3v) is 5.03. The summed E-state index contributed by atoms with van der Waals surface area (Å²) in [6.07, 6.45) is 0.536. The van der Waals surface area contributed by atoms with Crippen molar-refractivity contribution in [2.24, 2.45) is 0 Å². The molecule has 0 spiro atoms. The molecule has 162 valence electrons. The molecule has 1 aliphatic heterocycles. The predicted molar refractivity (Wildman–Crippen MR) is 116 cm³/mol. The van der Waals surface area contributed by atoms with Gasteiger partial charge in [0.15, 0.2) is 0 Å². The van der Waals surface area contributed by atoms with E-state index in [2.05, 4.69) is 0 Å². The normalized spacial score (nSPS) is 13.8. The van der Waals surface area contributed by atoms with E-state index in [9.17, 15) is 19.7 Å². The van der Waals surface area contributed by atoms with Crippen molar-refractivity contribution in [3.05, 3.63) is 81.5 Å². The van der Waals surface area contributed by atoms with E-state index in [-0.39, 0.29) is 23.7 Å². The standard InChI is InChI=1S/C23H25N3O5/c1-3-31-15-7-14-25-22(27)20(18-10-12-19(13-11-18)26(29)30)21(23(25)28)24(2)16-17-8-5-4-6-9-17/h4-6,8-13H,3,7,14-16H2,1-2H3. The van der Waals surface area contributed by atoms with Gasteiger partial charge in [-0.2, -0.15) is 0 Å². The van der Waals surface area contributed by atoms with Crippen molar-refractivity contribution in [3.63, 3.8) is 0 Å². The van der Waals surface area contributed by atoms with E-state index < -0.39 is 10.8 Å². The summed E-state index contributed by atoms with van der Waals surface area (Å²) in [6, 6.07) is 15.3. The minimum Gasteiger partial charge on any atom is -0.382 e. The molecular weight excluding hydrogens is 398 g/mol. The van der Waals surface area contributed by atoms with Gasteiger partial charge in [-0.3, -0.25) is 24.6 Å². The number of carbonyl (C=O) groups excluding carboxylic acids is 2. The molecule has 2 aromatic carbocycles. The average molecular weight is 423 g/mol. The zero-order valence-electron chi connectivity index (χ0n) is 17.6. The second kappa shape index (κ2) is 9.99. The Kier molecular flexibility index (Phi) is 7.15. The molecule has 0 fully saturated rings. The number of benzene rings is 2. The van der Waals surface area contributed by atoms with Gasteiger partial charge in [0.05, 0.1) is 10.5 Å². The van der Waals surface area contributed by atoms with E-state index in [0.29, 0.717) is 37.4 Å². The highest BCUT2D eigenvalue weighted by atomic mass is 16.6. The fourth-order valence-electron chi connectivity index (χ4n) is 3.54. The lowest BCUT2D eigenvalue weighted by molar-refractivity contribution is -0.384. The van der Waals surface area contributed by atoms with Crippen molar-refractivity contribution >= 4 is 23.1 Å². The fraction of sp³-hybridized carbons (Fsp3) is 0.304. The largest absolute Gasteiger partial charge is 0.382 e. The smallest absolute Gasteiger partial charge is 0.277 e. The van der Waals surface area contributed by atoms with Crippen LogP contribution in [0.1, 0.15) is 24.5 Å². The number of ether oxygens (including phenoxy) is 1. The molecule has 2 aromatic rings. The molecule has 1 aliphatic rings. The van der Waals surface area contributed by atoms with Gasteiger partial charge in [-0.15, -0.1) is 0 Å². The Morgan fingerprint density at radius 1 is 1.03 bits per heavy atom. The summed E-state index contributed by atoms with van der Waals surface area (Å²) in [6.45, 7) is 3.60. The van der Waals surface area contributed by atoms with Crippen molar-refractivity contribution in [3.8, 4) is 0 Å². The van der Waals surface area contributed by atoms with Crippen LogP contribution >= 0.6 is 0 Å². The zero-order chi connectivity index (χ0) is 22.4. The maximum absolute atomic E-state index is 13.2. The van der Waals surface area contributed by atoms with Gasteiger partial charge >= 0.3 is 0 Å². The van der Waals surface area contributed by atoms with Crippen LogP contribution in [0.15, 0.2) is 60.3 Å². The second-order valence-electron chi connectivity index (χ2n) is 7.18. The minimum atomic E-state index is -0.498. The Hall–Kier alpha value is -3.52. The molecule has 31 heavy (non-hydrogen) atoms. The van der Waals surface area contributed by atoms with E-state index in [4.69, 9.17) is 4.74 Å². The van der Waals surface area contributed by atoms with Crippen molar-refractivity contribution in [2.75, 3.05) is 26.8 Å². The first-order valence-corrected chi connectivity index (χ1v) is 10.1. The average Bonchev–Trinajstić information content (AvgIpc) is 3.02. The van der Waals surface area contributed by atoms with Crippen LogP contribution in [0.2, 0.25) is 0 Å². The molecule has 0 aromatic heterocycles. The van der Waals surface area contributed by atoms with E-state index in [1.807, 2.05) is 37.3 Å². The number of likely N-dealkylation sites (N-methyl/N-ethyl adjacent to an activating group) is 1. The topological polar surface area (TPSA) is 93.0 Å². The minimum absolute atomic E-state index is 0.0751. The lowest BCUT2D eigenvalue weighted by Gasteiger charge is -2.21.